The molecular formula is C16H22F6N2O6. The first kappa shape index (κ1) is 27.6. The molecule has 174 valence electrons. The Kier molecular flexibility index (Phi) is 10.3. The minimum absolute atomic E-state index is 0.130. The first-order valence-electron chi connectivity index (χ1n) is 8.57. The Balaban J connectivity index is 0.00000103. The summed E-state index contributed by atoms with van der Waals surface area (Å²) in [5, 5.41) is 18.0. The highest BCUT2D eigenvalue weighted by Crippen LogP contribution is 2.24. The van der Waals surface area contributed by atoms with Gasteiger partial charge in [0.15, 0.2) is 0 Å². The van der Waals surface area contributed by atoms with Gasteiger partial charge < -0.3 is 26.0 Å². The lowest BCUT2D eigenvalue weighted by Gasteiger charge is -2.36. The fourth-order valence-corrected chi connectivity index (χ4v) is 2.37. The Morgan fingerprint density at radius 2 is 1.60 bits per heavy atom. The van der Waals surface area contributed by atoms with Gasteiger partial charge >= 0.3 is 30.2 Å². The molecule has 0 heterocycles. The van der Waals surface area contributed by atoms with Crippen molar-refractivity contribution in [2.45, 2.75) is 69.8 Å². The number of hydrogen-bond acceptors (Lipinski definition) is 5. The number of alkyl halides is 6. The fourth-order valence-electron chi connectivity index (χ4n) is 2.37. The normalized spacial score (nSPS) is 21.9. The Bertz CT molecular complexity index is 645. The number of halogens is 6. The van der Waals surface area contributed by atoms with Crippen LogP contribution >= 0.6 is 0 Å². The number of rotatable bonds is 6. The monoisotopic (exact) mass is 452 g/mol. The molecular weight excluding hydrogens is 430 g/mol. The number of carboxylic acids is 2. The van der Waals surface area contributed by atoms with Gasteiger partial charge in [0.1, 0.15) is 0 Å². The summed E-state index contributed by atoms with van der Waals surface area (Å²) < 4.78 is 74.6. The molecule has 0 saturated carbocycles. The maximum absolute atomic E-state index is 12.4. The molecule has 0 bridgehead atoms. The Morgan fingerprint density at radius 1 is 1.13 bits per heavy atom. The van der Waals surface area contributed by atoms with E-state index in [1.54, 1.807) is 5.32 Å². The molecule has 1 aliphatic rings. The van der Waals surface area contributed by atoms with Crippen molar-refractivity contribution in [3.8, 4) is 0 Å². The van der Waals surface area contributed by atoms with Crippen molar-refractivity contribution in [3.05, 3.63) is 11.6 Å². The summed E-state index contributed by atoms with van der Waals surface area (Å²) in [7, 11) is 0. The first-order chi connectivity index (χ1) is 13.5. The zero-order valence-electron chi connectivity index (χ0n) is 15.9. The number of amides is 1. The van der Waals surface area contributed by atoms with Crippen molar-refractivity contribution >= 4 is 17.8 Å². The number of carboxylic acid groups (broad SMARTS) is 2. The Labute approximate surface area is 167 Å². The van der Waals surface area contributed by atoms with E-state index < -0.39 is 48.4 Å². The van der Waals surface area contributed by atoms with E-state index in [9.17, 15) is 35.9 Å². The van der Waals surface area contributed by atoms with Gasteiger partial charge in [-0.15, -0.1) is 0 Å². The molecule has 1 rings (SSSR count). The van der Waals surface area contributed by atoms with Crippen LogP contribution in [0.25, 0.3) is 0 Å². The highest BCUT2D eigenvalue weighted by atomic mass is 19.4. The average molecular weight is 452 g/mol. The van der Waals surface area contributed by atoms with Gasteiger partial charge in [0, 0.05) is 12.0 Å². The quantitative estimate of drug-likeness (QED) is 0.452. The van der Waals surface area contributed by atoms with E-state index >= 15 is 0 Å². The second kappa shape index (κ2) is 11.2. The number of ether oxygens (including phenoxy) is 1. The first-order valence-corrected chi connectivity index (χ1v) is 8.57. The van der Waals surface area contributed by atoms with E-state index in [1.807, 2.05) is 13.8 Å². The number of aliphatic carboxylic acids is 2. The van der Waals surface area contributed by atoms with E-state index in [4.69, 9.17) is 25.5 Å². The fraction of sp³-hybridized carbons (Fsp3) is 0.688. The van der Waals surface area contributed by atoms with Crippen LogP contribution in [0, 0.1) is 0 Å². The third-order valence-corrected chi connectivity index (χ3v) is 4.00. The molecule has 0 aromatic heterocycles. The molecule has 14 heteroatoms. The summed E-state index contributed by atoms with van der Waals surface area (Å²) in [6.45, 7) is 3.74. The second-order valence-electron chi connectivity index (χ2n) is 6.20. The van der Waals surface area contributed by atoms with Gasteiger partial charge in [-0.1, -0.05) is 13.8 Å². The van der Waals surface area contributed by atoms with Crippen molar-refractivity contribution in [1.29, 1.82) is 0 Å². The molecule has 0 spiro atoms. The summed E-state index contributed by atoms with van der Waals surface area (Å²) in [5.41, 5.74) is 5.76. The van der Waals surface area contributed by atoms with Crippen molar-refractivity contribution in [1.82, 2.24) is 5.32 Å². The molecule has 0 saturated heterocycles. The predicted molar refractivity (Wildman–Crippen MR) is 89.2 cm³/mol. The van der Waals surface area contributed by atoms with E-state index in [-0.39, 0.29) is 18.1 Å². The van der Waals surface area contributed by atoms with Gasteiger partial charge in [-0.05, 0) is 18.9 Å². The van der Waals surface area contributed by atoms with Crippen LogP contribution in [0.3, 0.4) is 0 Å². The standard InChI is InChI=1S/C14H21F3N2O4.C2HF3O2/c1-3-8(4-2)23-10-6-7(12(20)21)5-9(11(10)18)19-13(22)14(15,16)17;3-2(4,5)1(6)7/h6,8-11H,3-5,18H2,1-2H3,(H,19,22)(H,20,21);(H,6,7)/t9-,10+,11+;/m0./s1. The van der Waals surface area contributed by atoms with Crippen molar-refractivity contribution in [3.63, 3.8) is 0 Å². The molecule has 0 aromatic carbocycles. The molecule has 0 fully saturated rings. The van der Waals surface area contributed by atoms with Crippen LogP contribution in [-0.2, 0) is 19.1 Å². The zero-order chi connectivity index (χ0) is 23.9. The van der Waals surface area contributed by atoms with Crippen LogP contribution in [0.5, 0.6) is 0 Å². The van der Waals surface area contributed by atoms with Crippen LogP contribution in [0.2, 0.25) is 0 Å². The molecule has 0 aromatic rings. The molecule has 0 radical (unpaired) electrons. The Hall–Kier alpha value is -2.35. The minimum Gasteiger partial charge on any atom is -0.478 e. The predicted octanol–water partition coefficient (Wildman–Crippen LogP) is 1.98. The van der Waals surface area contributed by atoms with Crippen LogP contribution in [0.1, 0.15) is 33.1 Å². The SMILES string of the molecule is CCC(CC)O[C@@H]1C=C(C(=O)O)C[C@H](NC(=O)C(F)(F)F)[C@H]1N.O=C(O)C(F)(F)F. The topological polar surface area (TPSA) is 139 Å². The molecule has 0 unspecified atom stereocenters. The lowest BCUT2D eigenvalue weighted by molar-refractivity contribution is -0.192. The van der Waals surface area contributed by atoms with Gasteiger partial charge in [0.25, 0.3) is 0 Å². The number of carbonyl (C=O) groups excluding carboxylic acids is 1. The number of nitrogens with two attached hydrogens (primary N) is 1. The number of hydrogen-bond donors (Lipinski definition) is 4. The molecule has 1 amide bonds. The van der Waals surface area contributed by atoms with E-state index in [0.29, 0.717) is 12.8 Å². The summed E-state index contributed by atoms with van der Waals surface area (Å²) in [6.07, 6.45) is -8.91. The van der Waals surface area contributed by atoms with Crippen LogP contribution in [0.4, 0.5) is 26.3 Å². The van der Waals surface area contributed by atoms with E-state index in [0.717, 1.165) is 0 Å². The molecule has 1 aliphatic carbocycles. The van der Waals surface area contributed by atoms with Crippen LogP contribution in [-0.4, -0.2) is 64.7 Å². The third kappa shape index (κ3) is 8.98. The van der Waals surface area contributed by atoms with Gasteiger partial charge in [-0.2, -0.15) is 26.3 Å². The maximum Gasteiger partial charge on any atom is 0.490 e. The Morgan fingerprint density at radius 3 is 1.93 bits per heavy atom. The summed E-state index contributed by atoms with van der Waals surface area (Å²) in [6, 6.07) is -2.13. The van der Waals surface area contributed by atoms with Gasteiger partial charge in [-0.25, -0.2) is 9.59 Å². The summed E-state index contributed by atoms with van der Waals surface area (Å²) in [4.78, 5) is 31.2. The van der Waals surface area contributed by atoms with Crippen LogP contribution in [0.15, 0.2) is 11.6 Å². The van der Waals surface area contributed by atoms with E-state index in [2.05, 4.69) is 0 Å². The van der Waals surface area contributed by atoms with Crippen molar-refractivity contribution < 1.29 is 55.7 Å². The molecule has 3 atom stereocenters. The van der Waals surface area contributed by atoms with Crippen molar-refractivity contribution in [2.75, 3.05) is 0 Å². The average Bonchev–Trinajstić information content (AvgIpc) is 2.60. The smallest absolute Gasteiger partial charge is 0.478 e. The molecule has 30 heavy (non-hydrogen) atoms. The summed E-state index contributed by atoms with van der Waals surface area (Å²) in [5.74, 6) is -6.18. The minimum atomic E-state index is -5.08. The van der Waals surface area contributed by atoms with Gasteiger partial charge in [0.2, 0.25) is 0 Å². The molecule has 8 nitrogen and oxygen atoms in total. The molecule has 0 aliphatic heterocycles. The lowest BCUT2D eigenvalue weighted by Crippen LogP contribution is -2.58. The lowest BCUT2D eigenvalue weighted by atomic mass is 9.88. The maximum atomic E-state index is 12.4. The van der Waals surface area contributed by atoms with Gasteiger partial charge in [-0.3, -0.25) is 4.79 Å². The van der Waals surface area contributed by atoms with Gasteiger partial charge in [0.05, 0.1) is 24.3 Å². The second-order valence-corrected chi connectivity index (χ2v) is 6.20. The summed E-state index contributed by atoms with van der Waals surface area (Å²) >= 11 is 0. The van der Waals surface area contributed by atoms with Crippen LogP contribution < -0.4 is 11.1 Å². The number of carbonyl (C=O) groups is 3. The number of nitrogens with one attached hydrogen (secondary N) is 1. The third-order valence-electron chi connectivity index (χ3n) is 4.00. The van der Waals surface area contributed by atoms with E-state index in [1.165, 1.54) is 6.08 Å². The largest absolute Gasteiger partial charge is 0.490 e. The molecule has 5 N–H and O–H groups in total. The highest BCUT2D eigenvalue weighted by Gasteiger charge is 2.43. The van der Waals surface area contributed by atoms with Crippen molar-refractivity contribution in [2.24, 2.45) is 5.73 Å². The highest BCUT2D eigenvalue weighted by molar-refractivity contribution is 5.87. The zero-order valence-corrected chi connectivity index (χ0v) is 15.9.